The van der Waals surface area contributed by atoms with Crippen LogP contribution in [0.4, 0.5) is 5.13 Å². The van der Waals surface area contributed by atoms with Crippen LogP contribution in [0.2, 0.25) is 0 Å². The molecule has 106 valence electrons. The maximum atomic E-state index is 10.5. The Morgan fingerprint density at radius 3 is 3.00 bits per heavy atom. The molecule has 1 N–H and O–H groups in total. The Labute approximate surface area is 122 Å². The number of methoxy groups -OCH3 is 1. The van der Waals surface area contributed by atoms with Crippen molar-refractivity contribution < 1.29 is 9.53 Å². The minimum atomic E-state index is 0.610. The standard InChI is InChI=1S/C15H18N2O2S/c1-3-4-5-11-6-7-12(19-2)8-13(11)14-9-20-15(17-14)16-10-18/h6-10H,3-5H2,1-2H3,(H,16,17,18). The van der Waals surface area contributed by atoms with E-state index in [2.05, 4.69) is 23.3 Å². The molecule has 0 radical (unpaired) electrons. The molecule has 0 saturated heterocycles. The molecular formula is C15H18N2O2S. The number of anilines is 1. The van der Waals surface area contributed by atoms with Crippen LogP contribution in [0.1, 0.15) is 25.3 Å². The van der Waals surface area contributed by atoms with Gasteiger partial charge < -0.3 is 10.1 Å². The third-order valence-electron chi connectivity index (χ3n) is 3.08. The number of nitrogens with zero attached hydrogens (tertiary/aromatic N) is 1. The van der Waals surface area contributed by atoms with Crippen molar-refractivity contribution >= 4 is 22.9 Å². The van der Waals surface area contributed by atoms with Crippen LogP contribution in [0.5, 0.6) is 5.75 Å². The maximum Gasteiger partial charge on any atom is 0.213 e. The summed E-state index contributed by atoms with van der Waals surface area (Å²) in [6.45, 7) is 2.18. The Kier molecular flexibility index (Phi) is 5.12. The smallest absolute Gasteiger partial charge is 0.213 e. The monoisotopic (exact) mass is 290 g/mol. The van der Waals surface area contributed by atoms with E-state index < -0.39 is 0 Å². The summed E-state index contributed by atoms with van der Waals surface area (Å²) in [5.74, 6) is 0.818. The van der Waals surface area contributed by atoms with Gasteiger partial charge in [0, 0.05) is 10.9 Å². The molecule has 1 heterocycles. The normalized spacial score (nSPS) is 10.3. The van der Waals surface area contributed by atoms with E-state index in [0.29, 0.717) is 11.5 Å². The van der Waals surface area contributed by atoms with Crippen molar-refractivity contribution in [1.82, 2.24) is 4.98 Å². The zero-order valence-electron chi connectivity index (χ0n) is 11.7. The van der Waals surface area contributed by atoms with Gasteiger partial charge in [-0.3, -0.25) is 4.79 Å². The molecule has 0 atom stereocenters. The Morgan fingerprint density at radius 2 is 2.30 bits per heavy atom. The van der Waals surface area contributed by atoms with E-state index in [1.165, 1.54) is 16.9 Å². The number of aromatic nitrogens is 1. The fourth-order valence-electron chi connectivity index (χ4n) is 2.02. The SMILES string of the molecule is CCCCc1ccc(OC)cc1-c1csc(NC=O)n1. The molecule has 0 aliphatic carbocycles. The number of benzene rings is 1. The first kappa shape index (κ1) is 14.5. The highest BCUT2D eigenvalue weighted by molar-refractivity contribution is 7.14. The van der Waals surface area contributed by atoms with E-state index in [1.807, 2.05) is 17.5 Å². The number of carbonyl (C=O) groups is 1. The van der Waals surface area contributed by atoms with E-state index in [1.54, 1.807) is 7.11 Å². The molecule has 0 unspecified atom stereocenters. The first-order chi connectivity index (χ1) is 9.78. The Hall–Kier alpha value is -1.88. The number of ether oxygens (including phenoxy) is 1. The number of nitrogens with one attached hydrogen (secondary N) is 1. The molecule has 0 saturated carbocycles. The van der Waals surface area contributed by atoms with Gasteiger partial charge in [-0.15, -0.1) is 11.3 Å². The van der Waals surface area contributed by atoms with E-state index in [4.69, 9.17) is 4.74 Å². The van der Waals surface area contributed by atoms with Gasteiger partial charge in [-0.2, -0.15) is 0 Å². The van der Waals surface area contributed by atoms with Crippen LogP contribution < -0.4 is 10.1 Å². The Balaban J connectivity index is 2.36. The lowest BCUT2D eigenvalue weighted by Gasteiger charge is -2.09. The molecule has 2 rings (SSSR count). The van der Waals surface area contributed by atoms with Gasteiger partial charge in [0.1, 0.15) is 5.75 Å². The predicted molar refractivity (Wildman–Crippen MR) is 82.4 cm³/mol. The summed E-state index contributed by atoms with van der Waals surface area (Å²) < 4.78 is 5.29. The fourth-order valence-corrected chi connectivity index (χ4v) is 2.69. The molecule has 0 aliphatic rings. The van der Waals surface area contributed by atoms with Crippen LogP contribution in [0.25, 0.3) is 11.3 Å². The minimum Gasteiger partial charge on any atom is -0.497 e. The summed E-state index contributed by atoms with van der Waals surface area (Å²) in [6, 6.07) is 6.08. The lowest BCUT2D eigenvalue weighted by atomic mass is 10.00. The first-order valence-electron chi connectivity index (χ1n) is 6.61. The highest BCUT2D eigenvalue weighted by atomic mass is 32.1. The van der Waals surface area contributed by atoms with Gasteiger partial charge in [-0.25, -0.2) is 4.98 Å². The highest BCUT2D eigenvalue weighted by Gasteiger charge is 2.10. The first-order valence-corrected chi connectivity index (χ1v) is 7.49. The van der Waals surface area contributed by atoms with Crippen molar-refractivity contribution in [3.8, 4) is 17.0 Å². The lowest BCUT2D eigenvalue weighted by Crippen LogP contribution is -1.95. The van der Waals surface area contributed by atoms with Crippen molar-refractivity contribution in [2.45, 2.75) is 26.2 Å². The van der Waals surface area contributed by atoms with Gasteiger partial charge >= 0.3 is 0 Å². The van der Waals surface area contributed by atoms with Crippen LogP contribution >= 0.6 is 11.3 Å². The fraction of sp³-hybridized carbons (Fsp3) is 0.333. The number of aryl methyl sites for hydroxylation is 1. The molecule has 1 aromatic heterocycles. The molecule has 5 heteroatoms. The second-order valence-electron chi connectivity index (χ2n) is 4.43. The number of unbranched alkanes of at least 4 members (excludes halogenated alkanes) is 1. The van der Waals surface area contributed by atoms with E-state index in [0.717, 1.165) is 36.3 Å². The summed E-state index contributed by atoms with van der Waals surface area (Å²) in [4.78, 5) is 14.9. The molecular weight excluding hydrogens is 272 g/mol. The molecule has 0 bridgehead atoms. The zero-order chi connectivity index (χ0) is 14.4. The molecule has 20 heavy (non-hydrogen) atoms. The molecule has 1 aromatic carbocycles. The zero-order valence-corrected chi connectivity index (χ0v) is 12.5. The minimum absolute atomic E-state index is 0.610. The lowest BCUT2D eigenvalue weighted by molar-refractivity contribution is -0.105. The topological polar surface area (TPSA) is 51.2 Å². The van der Waals surface area contributed by atoms with Gasteiger partial charge in [-0.1, -0.05) is 19.4 Å². The number of amides is 1. The number of carbonyl (C=O) groups excluding carboxylic acids is 1. The summed E-state index contributed by atoms with van der Waals surface area (Å²) in [7, 11) is 1.66. The molecule has 2 aromatic rings. The van der Waals surface area contributed by atoms with Crippen LogP contribution in [-0.2, 0) is 11.2 Å². The largest absolute Gasteiger partial charge is 0.497 e. The third-order valence-corrected chi connectivity index (χ3v) is 3.85. The molecule has 0 spiro atoms. The number of thiazole rings is 1. The molecule has 4 nitrogen and oxygen atoms in total. The van der Waals surface area contributed by atoms with Crippen molar-refractivity contribution in [2.24, 2.45) is 0 Å². The highest BCUT2D eigenvalue weighted by Crippen LogP contribution is 2.31. The Bertz CT molecular complexity index is 581. The van der Waals surface area contributed by atoms with Gasteiger partial charge in [0.2, 0.25) is 6.41 Å². The summed E-state index contributed by atoms with van der Waals surface area (Å²) >= 11 is 1.42. The molecule has 1 amide bonds. The second kappa shape index (κ2) is 7.05. The summed E-state index contributed by atoms with van der Waals surface area (Å²) in [6.07, 6.45) is 3.96. The van der Waals surface area contributed by atoms with Crippen LogP contribution in [-0.4, -0.2) is 18.5 Å². The average Bonchev–Trinajstić information content (AvgIpc) is 2.94. The van der Waals surface area contributed by atoms with E-state index >= 15 is 0 Å². The summed E-state index contributed by atoms with van der Waals surface area (Å²) in [5.41, 5.74) is 3.22. The molecule has 0 fully saturated rings. The van der Waals surface area contributed by atoms with Crippen molar-refractivity contribution in [3.05, 3.63) is 29.1 Å². The Morgan fingerprint density at radius 1 is 1.45 bits per heavy atom. The van der Waals surface area contributed by atoms with Crippen molar-refractivity contribution in [3.63, 3.8) is 0 Å². The van der Waals surface area contributed by atoms with Gasteiger partial charge in [0.15, 0.2) is 5.13 Å². The van der Waals surface area contributed by atoms with E-state index in [-0.39, 0.29) is 0 Å². The maximum absolute atomic E-state index is 10.5. The third kappa shape index (κ3) is 3.36. The van der Waals surface area contributed by atoms with Crippen LogP contribution in [0, 0.1) is 0 Å². The number of rotatable bonds is 7. The average molecular weight is 290 g/mol. The van der Waals surface area contributed by atoms with Crippen molar-refractivity contribution in [2.75, 3.05) is 12.4 Å². The van der Waals surface area contributed by atoms with Crippen LogP contribution in [0.15, 0.2) is 23.6 Å². The van der Waals surface area contributed by atoms with Gasteiger partial charge in [-0.05, 0) is 30.5 Å². The van der Waals surface area contributed by atoms with Gasteiger partial charge in [0.05, 0.1) is 12.8 Å². The molecule has 0 aliphatic heterocycles. The van der Waals surface area contributed by atoms with Crippen molar-refractivity contribution in [1.29, 1.82) is 0 Å². The van der Waals surface area contributed by atoms with E-state index in [9.17, 15) is 4.79 Å². The summed E-state index contributed by atoms with van der Waals surface area (Å²) in [5, 5.41) is 5.15. The van der Waals surface area contributed by atoms with Gasteiger partial charge in [0.25, 0.3) is 0 Å². The predicted octanol–water partition coefficient (Wildman–Crippen LogP) is 3.73. The van der Waals surface area contributed by atoms with Crippen LogP contribution in [0.3, 0.4) is 0 Å². The second-order valence-corrected chi connectivity index (χ2v) is 5.28. The quantitative estimate of drug-likeness (QED) is 0.790. The number of hydrogen-bond donors (Lipinski definition) is 1. The number of hydrogen-bond acceptors (Lipinski definition) is 4.